The number of ether oxygens (including phenoxy) is 2. The maximum absolute atomic E-state index is 12.6. The molecule has 1 aliphatic carbocycles. The third-order valence-electron chi connectivity index (χ3n) is 7.22. The summed E-state index contributed by atoms with van der Waals surface area (Å²) < 4.78 is 11.8. The number of aliphatic hydroxyl groups is 1. The lowest BCUT2D eigenvalue weighted by atomic mass is 10.0. The summed E-state index contributed by atoms with van der Waals surface area (Å²) in [5.41, 5.74) is 10.2. The van der Waals surface area contributed by atoms with E-state index in [9.17, 15) is 14.7 Å². The van der Waals surface area contributed by atoms with Crippen LogP contribution in [0, 0.1) is 5.92 Å². The Morgan fingerprint density at radius 2 is 1.98 bits per heavy atom. The minimum Gasteiger partial charge on any atom is -0.493 e. The molecule has 1 aromatic heterocycles. The number of rotatable bonds is 14. The van der Waals surface area contributed by atoms with Crippen LogP contribution in [0.1, 0.15) is 56.7 Å². The summed E-state index contributed by atoms with van der Waals surface area (Å²) in [5, 5.41) is 14.1. The number of primary amides is 1. The van der Waals surface area contributed by atoms with Crippen LogP contribution in [-0.2, 0) is 29.0 Å². The van der Waals surface area contributed by atoms with E-state index in [1.54, 1.807) is 13.3 Å². The number of nitrogens with one attached hydrogen (secondary N) is 1. The van der Waals surface area contributed by atoms with Crippen LogP contribution in [0.4, 0.5) is 11.4 Å². The molecule has 3 aromatic rings. The second-order valence-corrected chi connectivity index (χ2v) is 10.5. The van der Waals surface area contributed by atoms with Crippen molar-refractivity contribution in [2.45, 2.75) is 65.5 Å². The number of aromatic nitrogens is 1. The van der Waals surface area contributed by atoms with E-state index in [-0.39, 0.29) is 24.9 Å². The van der Waals surface area contributed by atoms with E-state index in [1.165, 1.54) is 0 Å². The van der Waals surface area contributed by atoms with E-state index in [0.717, 1.165) is 41.5 Å². The molecule has 2 amide bonds. The molecule has 0 aliphatic heterocycles. The van der Waals surface area contributed by atoms with Gasteiger partial charge in [0.25, 0.3) is 0 Å². The van der Waals surface area contributed by atoms with Crippen molar-refractivity contribution in [1.82, 2.24) is 9.88 Å². The maximum atomic E-state index is 12.6. The van der Waals surface area contributed by atoms with Crippen molar-refractivity contribution in [3.8, 4) is 11.5 Å². The lowest BCUT2D eigenvalue weighted by Gasteiger charge is -2.24. The quantitative estimate of drug-likeness (QED) is 0.253. The average Bonchev–Trinajstić information content (AvgIpc) is 3.78. The molecule has 9 nitrogen and oxygen atoms in total. The van der Waals surface area contributed by atoms with Crippen LogP contribution in [0.15, 0.2) is 36.5 Å². The SMILES string of the molecule is CCc1c(CO)cccc1Nc1c(CC(N)=O)cnc2cc(OCCCN(C(=O)C(C)C)C3CC3)c(OC)cc12. The Balaban J connectivity index is 1.62. The summed E-state index contributed by atoms with van der Waals surface area (Å²) in [6.45, 7) is 6.92. The topological polar surface area (TPSA) is 127 Å². The fourth-order valence-electron chi connectivity index (χ4n) is 5.04. The molecule has 0 unspecified atom stereocenters. The fourth-order valence-corrected chi connectivity index (χ4v) is 5.04. The number of benzene rings is 2. The molecule has 40 heavy (non-hydrogen) atoms. The van der Waals surface area contributed by atoms with Gasteiger partial charge in [-0.15, -0.1) is 0 Å². The van der Waals surface area contributed by atoms with Gasteiger partial charge in [0, 0.05) is 47.4 Å². The smallest absolute Gasteiger partial charge is 0.225 e. The number of hydrogen-bond acceptors (Lipinski definition) is 7. The second-order valence-electron chi connectivity index (χ2n) is 10.5. The number of fused-ring (bicyclic) bond motifs is 1. The summed E-state index contributed by atoms with van der Waals surface area (Å²) in [6.07, 6.45) is 5.23. The molecule has 2 aromatic carbocycles. The van der Waals surface area contributed by atoms with Crippen LogP contribution < -0.4 is 20.5 Å². The second kappa shape index (κ2) is 13.0. The molecule has 4 rings (SSSR count). The number of amides is 2. The van der Waals surface area contributed by atoms with Crippen molar-refractivity contribution in [2.75, 3.05) is 25.6 Å². The molecule has 1 fully saturated rings. The van der Waals surface area contributed by atoms with E-state index >= 15 is 0 Å². The number of hydrogen-bond donors (Lipinski definition) is 3. The van der Waals surface area contributed by atoms with E-state index < -0.39 is 5.91 Å². The number of anilines is 2. The van der Waals surface area contributed by atoms with Crippen LogP contribution in [0.3, 0.4) is 0 Å². The predicted molar refractivity (Wildman–Crippen MR) is 156 cm³/mol. The molecule has 0 atom stereocenters. The van der Waals surface area contributed by atoms with E-state index in [0.29, 0.717) is 53.9 Å². The lowest BCUT2D eigenvalue weighted by Crippen LogP contribution is -2.37. The Bertz CT molecular complexity index is 1370. The minimum absolute atomic E-state index is 0.0135. The predicted octanol–water partition coefficient (Wildman–Crippen LogP) is 4.49. The van der Waals surface area contributed by atoms with Gasteiger partial charge in [-0.25, -0.2) is 0 Å². The van der Waals surface area contributed by atoms with Crippen molar-refractivity contribution in [2.24, 2.45) is 11.7 Å². The molecule has 1 saturated carbocycles. The van der Waals surface area contributed by atoms with Crippen molar-refractivity contribution in [3.63, 3.8) is 0 Å². The molecule has 214 valence electrons. The number of nitrogens with zero attached hydrogens (tertiary/aromatic N) is 2. The molecule has 0 bridgehead atoms. The number of pyridine rings is 1. The number of carbonyl (C=O) groups is 2. The first-order chi connectivity index (χ1) is 19.3. The number of methoxy groups -OCH3 is 1. The molecule has 0 radical (unpaired) electrons. The van der Waals surface area contributed by atoms with Gasteiger partial charge in [0.2, 0.25) is 11.8 Å². The first-order valence-corrected chi connectivity index (χ1v) is 14.0. The van der Waals surface area contributed by atoms with Crippen LogP contribution >= 0.6 is 0 Å². The largest absolute Gasteiger partial charge is 0.493 e. The monoisotopic (exact) mass is 548 g/mol. The van der Waals surface area contributed by atoms with Gasteiger partial charge in [0.15, 0.2) is 11.5 Å². The van der Waals surface area contributed by atoms with Crippen LogP contribution in [-0.4, -0.2) is 53.1 Å². The zero-order valence-electron chi connectivity index (χ0n) is 23.8. The summed E-state index contributed by atoms with van der Waals surface area (Å²) in [6, 6.07) is 9.77. The zero-order chi connectivity index (χ0) is 28.8. The molecule has 1 aliphatic rings. The van der Waals surface area contributed by atoms with E-state index in [4.69, 9.17) is 15.2 Å². The van der Waals surface area contributed by atoms with Crippen LogP contribution in [0.5, 0.6) is 11.5 Å². The zero-order valence-corrected chi connectivity index (χ0v) is 23.8. The first-order valence-electron chi connectivity index (χ1n) is 14.0. The molecular formula is C31H40N4O5. The fraction of sp³-hybridized carbons (Fsp3) is 0.452. The normalized spacial score (nSPS) is 12.9. The Morgan fingerprint density at radius 1 is 1.20 bits per heavy atom. The number of carbonyl (C=O) groups excluding carboxylic acids is 2. The Morgan fingerprint density at radius 3 is 2.60 bits per heavy atom. The van der Waals surface area contributed by atoms with Crippen molar-refractivity contribution in [1.29, 1.82) is 0 Å². The van der Waals surface area contributed by atoms with Crippen molar-refractivity contribution >= 4 is 34.1 Å². The average molecular weight is 549 g/mol. The summed E-state index contributed by atoms with van der Waals surface area (Å²) >= 11 is 0. The highest BCUT2D eigenvalue weighted by atomic mass is 16.5. The highest BCUT2D eigenvalue weighted by molar-refractivity contribution is 5.98. The van der Waals surface area contributed by atoms with Gasteiger partial charge in [-0.1, -0.05) is 32.9 Å². The number of aliphatic hydroxyl groups excluding tert-OH is 1. The Hall–Kier alpha value is -3.85. The Labute approximate surface area is 235 Å². The first kappa shape index (κ1) is 29.1. The third-order valence-corrected chi connectivity index (χ3v) is 7.22. The highest BCUT2D eigenvalue weighted by Gasteiger charge is 2.33. The van der Waals surface area contributed by atoms with Gasteiger partial charge >= 0.3 is 0 Å². The van der Waals surface area contributed by atoms with Gasteiger partial charge < -0.3 is 30.5 Å². The molecule has 1 heterocycles. The third kappa shape index (κ3) is 6.65. The highest BCUT2D eigenvalue weighted by Crippen LogP contribution is 2.38. The number of nitrogens with two attached hydrogens (primary N) is 1. The molecule has 0 spiro atoms. The molecule has 0 saturated heterocycles. The van der Waals surface area contributed by atoms with Crippen molar-refractivity contribution < 1.29 is 24.2 Å². The van der Waals surface area contributed by atoms with Gasteiger partial charge in [-0.05, 0) is 48.9 Å². The standard InChI is InChI=1S/C31H40N4O5/c1-5-23-20(18-36)8-6-9-25(23)34-30-21(14-29(32)37)17-33-26-16-28(27(39-4)15-24(26)30)40-13-7-12-35(22-10-11-22)31(38)19(2)3/h6,8-9,15-17,19,22,36H,5,7,10-14,18H2,1-4H3,(H2,32,37)(H,33,34). The van der Waals surface area contributed by atoms with Crippen LogP contribution in [0.2, 0.25) is 0 Å². The minimum atomic E-state index is -0.466. The van der Waals surface area contributed by atoms with Gasteiger partial charge in [-0.3, -0.25) is 14.6 Å². The Kier molecular flexibility index (Phi) is 9.47. The maximum Gasteiger partial charge on any atom is 0.225 e. The summed E-state index contributed by atoms with van der Waals surface area (Å²) in [5.74, 6) is 0.797. The van der Waals surface area contributed by atoms with E-state index in [1.807, 2.05) is 56.0 Å². The molecular weight excluding hydrogens is 508 g/mol. The molecule has 4 N–H and O–H groups in total. The lowest BCUT2D eigenvalue weighted by molar-refractivity contribution is -0.135. The molecule has 9 heteroatoms. The van der Waals surface area contributed by atoms with E-state index in [2.05, 4.69) is 10.3 Å². The summed E-state index contributed by atoms with van der Waals surface area (Å²) in [4.78, 5) is 31.1. The van der Waals surface area contributed by atoms with Gasteiger partial charge in [0.05, 0.1) is 37.9 Å². The van der Waals surface area contributed by atoms with Crippen molar-refractivity contribution in [3.05, 3.63) is 53.2 Å². The van der Waals surface area contributed by atoms with Gasteiger partial charge in [-0.2, -0.15) is 0 Å². The van der Waals surface area contributed by atoms with Gasteiger partial charge in [0.1, 0.15) is 0 Å². The summed E-state index contributed by atoms with van der Waals surface area (Å²) in [7, 11) is 1.58. The van der Waals surface area contributed by atoms with Crippen LogP contribution in [0.25, 0.3) is 10.9 Å².